The summed E-state index contributed by atoms with van der Waals surface area (Å²) in [5, 5.41) is 0.994. The summed E-state index contributed by atoms with van der Waals surface area (Å²) in [5.74, 6) is -0.333. The Kier molecular flexibility index (Phi) is 2.29. The number of esters is 1. The van der Waals surface area contributed by atoms with Crippen LogP contribution in [0, 0.1) is 0 Å². The summed E-state index contributed by atoms with van der Waals surface area (Å²) in [6.07, 6.45) is 1.83. The molecule has 0 fully saturated rings. The average molecular weight is 254 g/mol. The minimum atomic E-state index is -0.333. The number of methoxy groups -OCH3 is 1. The van der Waals surface area contributed by atoms with Crippen molar-refractivity contribution in [2.24, 2.45) is 0 Å². The number of carbonyl (C=O) groups excluding carboxylic acids is 1. The summed E-state index contributed by atoms with van der Waals surface area (Å²) in [6, 6.07) is 5.57. The second-order valence-electron chi connectivity index (χ2n) is 2.89. The molecule has 0 unspecified atom stereocenters. The predicted octanol–water partition coefficient (Wildman–Crippen LogP) is 2.72. The summed E-state index contributed by atoms with van der Waals surface area (Å²) in [7, 11) is 1.37. The van der Waals surface area contributed by atoms with E-state index in [0.29, 0.717) is 5.56 Å². The number of aromatic amines is 1. The van der Waals surface area contributed by atoms with E-state index in [1.54, 1.807) is 6.07 Å². The third kappa shape index (κ3) is 1.42. The second kappa shape index (κ2) is 3.46. The van der Waals surface area contributed by atoms with Crippen molar-refractivity contribution < 1.29 is 9.53 Å². The predicted molar refractivity (Wildman–Crippen MR) is 57.3 cm³/mol. The molecule has 0 atom stereocenters. The van der Waals surface area contributed by atoms with E-state index in [0.717, 1.165) is 15.4 Å². The van der Waals surface area contributed by atoms with Crippen LogP contribution in [0.15, 0.2) is 28.9 Å². The Hall–Kier alpha value is -1.29. The van der Waals surface area contributed by atoms with Gasteiger partial charge in [0.05, 0.1) is 12.7 Å². The first-order chi connectivity index (χ1) is 6.72. The van der Waals surface area contributed by atoms with Crippen LogP contribution >= 0.6 is 15.9 Å². The topological polar surface area (TPSA) is 42.1 Å². The van der Waals surface area contributed by atoms with Crippen LogP contribution in [-0.2, 0) is 4.74 Å². The van der Waals surface area contributed by atoms with Gasteiger partial charge in [-0.05, 0) is 34.1 Å². The lowest BCUT2D eigenvalue weighted by Gasteiger charge is -2.02. The fourth-order valence-electron chi connectivity index (χ4n) is 1.34. The molecule has 0 aliphatic rings. The lowest BCUT2D eigenvalue weighted by molar-refractivity contribution is 0.0600. The minimum absolute atomic E-state index is 0.333. The number of halogens is 1. The number of aromatic nitrogens is 1. The number of carbonyl (C=O) groups is 1. The quantitative estimate of drug-likeness (QED) is 0.795. The summed E-state index contributed by atoms with van der Waals surface area (Å²) in [4.78, 5) is 14.4. The van der Waals surface area contributed by atoms with Gasteiger partial charge in [0.1, 0.15) is 0 Å². The van der Waals surface area contributed by atoms with E-state index < -0.39 is 0 Å². The largest absolute Gasteiger partial charge is 0.465 e. The van der Waals surface area contributed by atoms with Gasteiger partial charge in [-0.2, -0.15) is 0 Å². The molecule has 1 N–H and O–H groups in total. The summed E-state index contributed by atoms with van der Waals surface area (Å²) in [5.41, 5.74) is 1.53. The first-order valence-electron chi connectivity index (χ1n) is 4.07. The van der Waals surface area contributed by atoms with E-state index in [1.165, 1.54) is 7.11 Å². The zero-order chi connectivity index (χ0) is 10.1. The molecular weight excluding hydrogens is 246 g/mol. The van der Waals surface area contributed by atoms with Crippen molar-refractivity contribution >= 4 is 32.8 Å². The smallest absolute Gasteiger partial charge is 0.339 e. The van der Waals surface area contributed by atoms with Gasteiger partial charge in [0.25, 0.3) is 0 Å². The second-order valence-corrected chi connectivity index (χ2v) is 3.74. The van der Waals surface area contributed by atoms with Crippen molar-refractivity contribution in [3.63, 3.8) is 0 Å². The lowest BCUT2D eigenvalue weighted by atomic mass is 10.1. The van der Waals surface area contributed by atoms with Crippen molar-refractivity contribution in [2.75, 3.05) is 7.11 Å². The summed E-state index contributed by atoms with van der Waals surface area (Å²) < 4.78 is 5.40. The van der Waals surface area contributed by atoms with Crippen LogP contribution in [0.25, 0.3) is 10.9 Å². The van der Waals surface area contributed by atoms with Crippen molar-refractivity contribution in [2.45, 2.75) is 0 Å². The molecule has 0 bridgehead atoms. The monoisotopic (exact) mass is 253 g/mol. The maximum atomic E-state index is 11.3. The van der Waals surface area contributed by atoms with Gasteiger partial charge in [-0.1, -0.05) is 0 Å². The van der Waals surface area contributed by atoms with Crippen molar-refractivity contribution in [3.05, 3.63) is 34.4 Å². The molecule has 1 aromatic heterocycles. The Morgan fingerprint density at radius 1 is 1.50 bits per heavy atom. The number of hydrogen-bond acceptors (Lipinski definition) is 2. The van der Waals surface area contributed by atoms with Crippen LogP contribution in [0.4, 0.5) is 0 Å². The fraction of sp³-hybridized carbons (Fsp3) is 0.100. The molecular formula is C10H8BrNO2. The highest BCUT2D eigenvalue weighted by Crippen LogP contribution is 2.24. The standard InChI is InChI=1S/C10H8BrNO2/c1-14-10(13)7-4-6-2-3-12-9(6)5-8(7)11/h2-5,12H,1H3. The van der Waals surface area contributed by atoms with Gasteiger partial charge in [0, 0.05) is 21.6 Å². The van der Waals surface area contributed by atoms with Crippen LogP contribution in [0.1, 0.15) is 10.4 Å². The molecule has 0 saturated heterocycles. The van der Waals surface area contributed by atoms with Crippen LogP contribution in [-0.4, -0.2) is 18.1 Å². The molecule has 14 heavy (non-hydrogen) atoms. The van der Waals surface area contributed by atoms with E-state index in [-0.39, 0.29) is 5.97 Å². The Bertz CT molecular complexity index is 490. The number of benzene rings is 1. The molecule has 0 amide bonds. The Morgan fingerprint density at radius 3 is 3.00 bits per heavy atom. The molecule has 3 nitrogen and oxygen atoms in total. The normalized spacial score (nSPS) is 10.4. The fourth-order valence-corrected chi connectivity index (χ4v) is 1.85. The number of ether oxygens (including phenoxy) is 1. The third-order valence-electron chi connectivity index (χ3n) is 2.05. The average Bonchev–Trinajstić information content (AvgIpc) is 2.62. The molecule has 0 radical (unpaired) electrons. The zero-order valence-corrected chi connectivity index (χ0v) is 9.09. The number of fused-ring (bicyclic) bond motifs is 1. The van der Waals surface area contributed by atoms with Crippen LogP contribution in [0.5, 0.6) is 0 Å². The van der Waals surface area contributed by atoms with Gasteiger partial charge in [-0.15, -0.1) is 0 Å². The summed E-state index contributed by atoms with van der Waals surface area (Å²) in [6.45, 7) is 0. The first-order valence-corrected chi connectivity index (χ1v) is 4.86. The summed E-state index contributed by atoms with van der Waals surface area (Å²) >= 11 is 3.32. The highest BCUT2D eigenvalue weighted by molar-refractivity contribution is 9.10. The zero-order valence-electron chi connectivity index (χ0n) is 7.50. The molecule has 2 rings (SSSR count). The number of H-pyrrole nitrogens is 1. The van der Waals surface area contributed by atoms with Gasteiger partial charge in [-0.25, -0.2) is 4.79 Å². The van der Waals surface area contributed by atoms with Gasteiger partial charge in [0.2, 0.25) is 0 Å². The van der Waals surface area contributed by atoms with Crippen molar-refractivity contribution in [1.29, 1.82) is 0 Å². The lowest BCUT2D eigenvalue weighted by Crippen LogP contribution is -2.01. The maximum Gasteiger partial charge on any atom is 0.339 e. The van der Waals surface area contributed by atoms with Gasteiger partial charge >= 0.3 is 5.97 Å². The molecule has 1 aromatic carbocycles. The van der Waals surface area contributed by atoms with Gasteiger partial charge in [-0.3, -0.25) is 0 Å². The van der Waals surface area contributed by atoms with Crippen molar-refractivity contribution in [3.8, 4) is 0 Å². The SMILES string of the molecule is COC(=O)c1cc2cc[nH]c2cc1Br. The van der Waals surface area contributed by atoms with Crippen LogP contribution in [0.3, 0.4) is 0 Å². The highest BCUT2D eigenvalue weighted by atomic mass is 79.9. The number of rotatable bonds is 1. The van der Waals surface area contributed by atoms with E-state index in [1.807, 2.05) is 18.3 Å². The van der Waals surface area contributed by atoms with E-state index in [2.05, 4.69) is 25.7 Å². The molecule has 0 saturated carbocycles. The van der Waals surface area contributed by atoms with E-state index in [4.69, 9.17) is 0 Å². The Morgan fingerprint density at radius 2 is 2.29 bits per heavy atom. The van der Waals surface area contributed by atoms with Crippen LogP contribution < -0.4 is 0 Å². The molecule has 0 aliphatic carbocycles. The molecule has 1 heterocycles. The first kappa shape index (κ1) is 9.27. The molecule has 0 aliphatic heterocycles. The van der Waals surface area contributed by atoms with E-state index in [9.17, 15) is 4.79 Å². The number of hydrogen-bond donors (Lipinski definition) is 1. The molecule has 72 valence electrons. The van der Waals surface area contributed by atoms with E-state index >= 15 is 0 Å². The molecule has 4 heteroatoms. The Labute approximate surface area is 89.2 Å². The Balaban J connectivity index is 2.64. The van der Waals surface area contributed by atoms with Gasteiger partial charge in [0.15, 0.2) is 0 Å². The third-order valence-corrected chi connectivity index (χ3v) is 2.70. The maximum absolute atomic E-state index is 11.3. The molecule has 0 spiro atoms. The highest BCUT2D eigenvalue weighted by Gasteiger charge is 2.11. The van der Waals surface area contributed by atoms with Crippen molar-refractivity contribution in [1.82, 2.24) is 4.98 Å². The van der Waals surface area contributed by atoms with Crippen LogP contribution in [0.2, 0.25) is 0 Å². The number of nitrogens with one attached hydrogen (secondary N) is 1. The molecule has 2 aromatic rings. The van der Waals surface area contributed by atoms with Gasteiger partial charge < -0.3 is 9.72 Å². The minimum Gasteiger partial charge on any atom is -0.465 e.